The van der Waals surface area contributed by atoms with Crippen molar-refractivity contribution in [3.63, 3.8) is 0 Å². The summed E-state index contributed by atoms with van der Waals surface area (Å²) in [5, 5.41) is 0. The van der Waals surface area contributed by atoms with E-state index in [0.717, 1.165) is 10.1 Å². The first kappa shape index (κ1) is 10.2. The topological polar surface area (TPSA) is 30.9 Å². The average Bonchev–Trinajstić information content (AvgIpc) is 2.50. The summed E-state index contributed by atoms with van der Waals surface area (Å²) in [7, 11) is 0. The van der Waals surface area contributed by atoms with Crippen molar-refractivity contribution < 1.29 is 8.78 Å². The lowest BCUT2D eigenvalue weighted by Gasteiger charge is -2.13. The molecule has 0 aromatic carbocycles. The van der Waals surface area contributed by atoms with Gasteiger partial charge in [-0.15, -0.1) is 0 Å². The molecule has 2 N–H and O–H groups in total. The van der Waals surface area contributed by atoms with E-state index in [4.69, 9.17) is 5.73 Å². The summed E-state index contributed by atoms with van der Waals surface area (Å²) in [6, 6.07) is 1.47. The monoisotopic (exact) mass is 188 g/mol. The van der Waals surface area contributed by atoms with Crippen molar-refractivity contribution >= 4 is 0 Å². The van der Waals surface area contributed by atoms with Crippen LogP contribution in [0.5, 0.6) is 0 Å². The molecule has 0 bridgehead atoms. The van der Waals surface area contributed by atoms with Crippen LogP contribution in [-0.4, -0.2) is 4.57 Å². The third-order valence-electron chi connectivity index (χ3n) is 2.07. The van der Waals surface area contributed by atoms with Crippen LogP contribution in [0.1, 0.15) is 32.0 Å². The van der Waals surface area contributed by atoms with Gasteiger partial charge in [-0.3, -0.25) is 4.57 Å². The third kappa shape index (κ3) is 2.28. The fourth-order valence-corrected chi connectivity index (χ4v) is 1.13. The summed E-state index contributed by atoms with van der Waals surface area (Å²) in [5.74, 6) is 0.258. The van der Waals surface area contributed by atoms with Crippen LogP contribution in [0.4, 0.5) is 8.78 Å². The zero-order chi connectivity index (χ0) is 10.0. The predicted octanol–water partition coefficient (Wildman–Crippen LogP) is 2.54. The van der Waals surface area contributed by atoms with Gasteiger partial charge in [-0.2, -0.15) is 8.78 Å². The Morgan fingerprint density at radius 3 is 2.38 bits per heavy atom. The molecule has 0 spiro atoms. The van der Waals surface area contributed by atoms with Gasteiger partial charge in [0.1, 0.15) is 0 Å². The third-order valence-corrected chi connectivity index (χ3v) is 2.07. The van der Waals surface area contributed by atoms with Gasteiger partial charge in [0.15, 0.2) is 0 Å². The first-order valence-corrected chi connectivity index (χ1v) is 4.23. The molecule has 1 aromatic heterocycles. The zero-order valence-corrected chi connectivity index (χ0v) is 7.74. The molecule has 4 heteroatoms. The highest BCUT2D eigenvalue weighted by Gasteiger charge is 2.13. The van der Waals surface area contributed by atoms with Gasteiger partial charge in [-0.1, -0.05) is 13.8 Å². The largest absolute Gasteiger partial charge is 0.324 e. The molecule has 0 fully saturated rings. The molecule has 1 heterocycles. The van der Waals surface area contributed by atoms with Crippen molar-refractivity contribution in [1.29, 1.82) is 0 Å². The second-order valence-corrected chi connectivity index (χ2v) is 3.44. The smallest absolute Gasteiger partial charge is 0.318 e. The number of rotatable bonds is 3. The summed E-state index contributed by atoms with van der Waals surface area (Å²) in [5.41, 5.74) is 6.55. The van der Waals surface area contributed by atoms with Gasteiger partial charge in [0.25, 0.3) is 0 Å². The quantitative estimate of drug-likeness (QED) is 0.776. The maximum absolute atomic E-state index is 12.2. The molecular formula is C9H14F2N2. The molecule has 2 nitrogen and oxygen atoms in total. The van der Waals surface area contributed by atoms with Crippen LogP contribution in [0.3, 0.4) is 0 Å². The summed E-state index contributed by atoms with van der Waals surface area (Å²) >= 11 is 0. The van der Waals surface area contributed by atoms with E-state index in [1.54, 1.807) is 6.07 Å². The lowest BCUT2D eigenvalue weighted by Crippen LogP contribution is -2.15. The Bertz CT molecular complexity index is 268. The minimum Gasteiger partial charge on any atom is -0.324 e. The summed E-state index contributed by atoms with van der Waals surface area (Å²) < 4.78 is 25.2. The van der Waals surface area contributed by atoms with Crippen molar-refractivity contribution in [2.45, 2.75) is 26.4 Å². The molecular weight excluding hydrogens is 174 g/mol. The van der Waals surface area contributed by atoms with Crippen LogP contribution >= 0.6 is 0 Å². The van der Waals surface area contributed by atoms with Crippen LogP contribution in [0, 0.1) is 5.92 Å². The number of hydrogen-bond acceptors (Lipinski definition) is 1. The SMILES string of the molecule is CC(C)C(N)c1ccn(C(F)F)c1. The number of halogens is 2. The van der Waals surface area contributed by atoms with E-state index in [2.05, 4.69) is 0 Å². The van der Waals surface area contributed by atoms with Crippen molar-refractivity contribution in [3.05, 3.63) is 24.0 Å². The van der Waals surface area contributed by atoms with Crippen molar-refractivity contribution in [1.82, 2.24) is 4.57 Å². The van der Waals surface area contributed by atoms with Crippen LogP contribution in [0.15, 0.2) is 18.5 Å². The van der Waals surface area contributed by atoms with Gasteiger partial charge < -0.3 is 5.73 Å². The predicted molar refractivity (Wildman–Crippen MR) is 47.5 cm³/mol. The first-order valence-electron chi connectivity index (χ1n) is 4.23. The molecule has 13 heavy (non-hydrogen) atoms. The second kappa shape index (κ2) is 3.87. The van der Waals surface area contributed by atoms with Crippen molar-refractivity contribution in [2.75, 3.05) is 0 Å². The maximum atomic E-state index is 12.2. The van der Waals surface area contributed by atoms with E-state index in [1.165, 1.54) is 12.4 Å². The lowest BCUT2D eigenvalue weighted by molar-refractivity contribution is 0.0705. The van der Waals surface area contributed by atoms with E-state index >= 15 is 0 Å². The maximum Gasteiger partial charge on any atom is 0.318 e. The molecule has 1 aromatic rings. The Morgan fingerprint density at radius 1 is 1.38 bits per heavy atom. The van der Waals surface area contributed by atoms with Gasteiger partial charge in [-0.05, 0) is 17.5 Å². The van der Waals surface area contributed by atoms with Crippen LogP contribution in [-0.2, 0) is 0 Å². The molecule has 0 saturated carbocycles. The number of aromatic nitrogens is 1. The summed E-state index contributed by atoms with van der Waals surface area (Å²) in [6.07, 6.45) is 2.75. The number of hydrogen-bond donors (Lipinski definition) is 1. The van der Waals surface area contributed by atoms with Crippen LogP contribution in [0.25, 0.3) is 0 Å². The second-order valence-electron chi connectivity index (χ2n) is 3.44. The fourth-order valence-electron chi connectivity index (χ4n) is 1.13. The standard InChI is InChI=1S/C9H14F2N2/c1-6(2)8(12)7-3-4-13(5-7)9(10)11/h3-6,8-9H,12H2,1-2H3. The molecule has 0 aliphatic carbocycles. The van der Waals surface area contributed by atoms with Gasteiger partial charge in [-0.25, -0.2) is 0 Å². The van der Waals surface area contributed by atoms with Crippen molar-refractivity contribution in [3.8, 4) is 0 Å². The minimum atomic E-state index is -2.48. The molecule has 0 radical (unpaired) electrons. The minimum absolute atomic E-state index is 0.167. The normalized spacial score (nSPS) is 14.1. The molecule has 0 amide bonds. The van der Waals surface area contributed by atoms with E-state index < -0.39 is 6.55 Å². The first-order chi connectivity index (χ1) is 6.02. The highest BCUT2D eigenvalue weighted by Crippen LogP contribution is 2.21. The van der Waals surface area contributed by atoms with E-state index in [-0.39, 0.29) is 12.0 Å². The Labute approximate surface area is 76.3 Å². The van der Waals surface area contributed by atoms with E-state index in [1.807, 2.05) is 13.8 Å². The van der Waals surface area contributed by atoms with E-state index in [9.17, 15) is 8.78 Å². The highest BCUT2D eigenvalue weighted by atomic mass is 19.3. The van der Waals surface area contributed by atoms with E-state index in [0.29, 0.717) is 0 Å². The summed E-state index contributed by atoms with van der Waals surface area (Å²) in [6.45, 7) is 1.45. The average molecular weight is 188 g/mol. The molecule has 0 saturated heterocycles. The lowest BCUT2D eigenvalue weighted by atomic mass is 10.00. The number of nitrogens with zero attached hydrogens (tertiary/aromatic N) is 1. The van der Waals surface area contributed by atoms with Gasteiger partial charge >= 0.3 is 6.55 Å². The number of alkyl halides is 2. The molecule has 1 rings (SSSR count). The Kier molecular flexibility index (Phi) is 3.03. The van der Waals surface area contributed by atoms with Crippen LogP contribution in [0.2, 0.25) is 0 Å². The Balaban J connectivity index is 2.79. The van der Waals surface area contributed by atoms with Crippen molar-refractivity contribution in [2.24, 2.45) is 11.7 Å². The molecule has 0 aliphatic heterocycles. The fraction of sp³-hybridized carbons (Fsp3) is 0.556. The Hall–Kier alpha value is -0.900. The Morgan fingerprint density at radius 2 is 2.00 bits per heavy atom. The molecule has 1 atom stereocenters. The van der Waals surface area contributed by atoms with Gasteiger partial charge in [0.2, 0.25) is 0 Å². The zero-order valence-electron chi connectivity index (χ0n) is 7.74. The molecule has 0 aliphatic rings. The number of nitrogens with two attached hydrogens (primary N) is 1. The molecule has 1 unspecified atom stereocenters. The van der Waals surface area contributed by atoms with Crippen LogP contribution < -0.4 is 5.73 Å². The van der Waals surface area contributed by atoms with Gasteiger partial charge in [0, 0.05) is 18.4 Å². The van der Waals surface area contributed by atoms with Gasteiger partial charge in [0.05, 0.1) is 0 Å². The highest BCUT2D eigenvalue weighted by molar-refractivity contribution is 5.15. The summed E-state index contributed by atoms with van der Waals surface area (Å²) in [4.78, 5) is 0. The molecule has 74 valence electrons.